The van der Waals surface area contributed by atoms with Crippen LogP contribution in [0.4, 0.5) is 0 Å². The summed E-state index contributed by atoms with van der Waals surface area (Å²) in [6.07, 6.45) is 7.34. The summed E-state index contributed by atoms with van der Waals surface area (Å²) < 4.78 is 5.89. The normalized spacial score (nSPS) is 17.4. The van der Waals surface area contributed by atoms with E-state index in [9.17, 15) is 4.79 Å². The SMILES string of the molecule is CCOC1(C(=O)c2cccc3cnccc23)CCCC1. The van der Waals surface area contributed by atoms with Crippen molar-refractivity contribution in [2.24, 2.45) is 0 Å². The fourth-order valence-corrected chi connectivity index (χ4v) is 3.23. The predicted molar refractivity (Wildman–Crippen MR) is 78.9 cm³/mol. The maximum absolute atomic E-state index is 13.0. The first-order valence-corrected chi connectivity index (χ1v) is 7.28. The predicted octanol–water partition coefficient (Wildman–Crippen LogP) is 3.77. The van der Waals surface area contributed by atoms with Gasteiger partial charge in [-0.1, -0.05) is 18.2 Å². The zero-order chi connectivity index (χ0) is 14.0. The average Bonchev–Trinajstić information content (AvgIpc) is 2.96. The third-order valence-corrected chi connectivity index (χ3v) is 4.17. The maximum atomic E-state index is 13.0. The Hall–Kier alpha value is -1.74. The highest BCUT2D eigenvalue weighted by molar-refractivity contribution is 6.12. The summed E-state index contributed by atoms with van der Waals surface area (Å²) in [5, 5.41) is 1.97. The van der Waals surface area contributed by atoms with Gasteiger partial charge in [0.25, 0.3) is 0 Å². The summed E-state index contributed by atoms with van der Waals surface area (Å²) in [7, 11) is 0. The Morgan fingerprint density at radius 3 is 2.85 bits per heavy atom. The summed E-state index contributed by atoms with van der Waals surface area (Å²) in [6.45, 7) is 2.54. The van der Waals surface area contributed by atoms with Gasteiger partial charge in [-0.2, -0.15) is 0 Å². The number of ether oxygens (including phenoxy) is 1. The lowest BCUT2D eigenvalue weighted by Crippen LogP contribution is -2.39. The van der Waals surface area contributed by atoms with Crippen LogP contribution in [0.15, 0.2) is 36.7 Å². The lowest BCUT2D eigenvalue weighted by atomic mass is 9.88. The number of fused-ring (bicyclic) bond motifs is 1. The summed E-state index contributed by atoms with van der Waals surface area (Å²) in [5.74, 6) is 0.133. The molecule has 0 bridgehead atoms. The van der Waals surface area contributed by atoms with Crippen LogP contribution in [0.3, 0.4) is 0 Å². The molecule has 3 heteroatoms. The van der Waals surface area contributed by atoms with Crippen molar-refractivity contribution in [3.63, 3.8) is 0 Å². The van der Waals surface area contributed by atoms with Gasteiger partial charge in [0.15, 0.2) is 5.78 Å². The number of pyridine rings is 1. The van der Waals surface area contributed by atoms with E-state index in [0.717, 1.165) is 42.0 Å². The molecule has 0 radical (unpaired) electrons. The lowest BCUT2D eigenvalue weighted by Gasteiger charge is -2.27. The van der Waals surface area contributed by atoms with Crippen molar-refractivity contribution in [2.75, 3.05) is 6.61 Å². The second-order valence-corrected chi connectivity index (χ2v) is 5.37. The van der Waals surface area contributed by atoms with Gasteiger partial charge in [-0.15, -0.1) is 0 Å². The van der Waals surface area contributed by atoms with E-state index >= 15 is 0 Å². The second kappa shape index (κ2) is 5.33. The molecule has 3 nitrogen and oxygen atoms in total. The van der Waals surface area contributed by atoms with Gasteiger partial charge in [-0.25, -0.2) is 0 Å². The zero-order valence-corrected chi connectivity index (χ0v) is 11.8. The third-order valence-electron chi connectivity index (χ3n) is 4.17. The molecule has 0 spiro atoms. The van der Waals surface area contributed by atoms with Crippen molar-refractivity contribution in [1.82, 2.24) is 4.98 Å². The number of benzene rings is 1. The number of aromatic nitrogens is 1. The Labute approximate surface area is 119 Å². The molecule has 0 saturated heterocycles. The molecule has 104 valence electrons. The fraction of sp³-hybridized carbons (Fsp3) is 0.412. The lowest BCUT2D eigenvalue weighted by molar-refractivity contribution is -0.0162. The molecule has 2 aromatic rings. The molecule has 1 aliphatic carbocycles. The van der Waals surface area contributed by atoms with Crippen LogP contribution in [-0.2, 0) is 4.74 Å². The summed E-state index contributed by atoms with van der Waals surface area (Å²) in [5.41, 5.74) is 0.159. The minimum atomic E-state index is -0.605. The maximum Gasteiger partial charge on any atom is 0.195 e. The number of hydrogen-bond acceptors (Lipinski definition) is 3. The van der Waals surface area contributed by atoms with Crippen LogP contribution >= 0.6 is 0 Å². The monoisotopic (exact) mass is 269 g/mol. The Morgan fingerprint density at radius 2 is 2.10 bits per heavy atom. The van der Waals surface area contributed by atoms with Crippen LogP contribution in [0.2, 0.25) is 0 Å². The molecule has 1 aromatic carbocycles. The largest absolute Gasteiger partial charge is 0.367 e. The molecule has 1 saturated carbocycles. The van der Waals surface area contributed by atoms with Gasteiger partial charge in [0, 0.05) is 30.0 Å². The molecule has 0 aliphatic heterocycles. The summed E-state index contributed by atoms with van der Waals surface area (Å²) in [4.78, 5) is 17.1. The molecule has 3 rings (SSSR count). The van der Waals surface area contributed by atoms with Crippen molar-refractivity contribution in [3.8, 4) is 0 Å². The fourth-order valence-electron chi connectivity index (χ4n) is 3.23. The summed E-state index contributed by atoms with van der Waals surface area (Å²) >= 11 is 0. The standard InChI is InChI=1S/C17H19NO2/c1-2-20-17(9-3-4-10-17)16(19)15-7-5-6-13-12-18-11-8-14(13)15/h5-8,11-12H,2-4,9-10H2,1H3. The molecule has 1 heterocycles. The molecular formula is C17H19NO2. The topological polar surface area (TPSA) is 39.2 Å². The Morgan fingerprint density at radius 1 is 1.30 bits per heavy atom. The van der Waals surface area contributed by atoms with Crippen molar-refractivity contribution in [1.29, 1.82) is 0 Å². The highest BCUT2D eigenvalue weighted by Crippen LogP contribution is 2.37. The van der Waals surface area contributed by atoms with Gasteiger partial charge in [0.05, 0.1) is 0 Å². The van der Waals surface area contributed by atoms with Gasteiger partial charge in [-0.05, 0) is 44.1 Å². The number of rotatable bonds is 4. The molecular weight excluding hydrogens is 250 g/mol. The van der Waals surface area contributed by atoms with Crippen LogP contribution < -0.4 is 0 Å². The van der Waals surface area contributed by atoms with E-state index in [1.54, 1.807) is 12.4 Å². The minimum Gasteiger partial charge on any atom is -0.367 e. The van der Waals surface area contributed by atoms with E-state index < -0.39 is 5.60 Å². The number of Topliss-reactive ketones (excluding diaryl/α,β-unsaturated/α-hetero) is 1. The van der Waals surface area contributed by atoms with E-state index in [-0.39, 0.29) is 5.78 Å². The van der Waals surface area contributed by atoms with E-state index in [4.69, 9.17) is 4.74 Å². The van der Waals surface area contributed by atoms with E-state index in [1.165, 1.54) is 0 Å². The Kier molecular flexibility index (Phi) is 3.53. The van der Waals surface area contributed by atoms with E-state index in [2.05, 4.69) is 4.98 Å². The van der Waals surface area contributed by atoms with Gasteiger partial charge in [0.1, 0.15) is 5.60 Å². The third kappa shape index (κ3) is 2.12. The van der Waals surface area contributed by atoms with Crippen LogP contribution in [0.25, 0.3) is 10.8 Å². The number of hydrogen-bond donors (Lipinski definition) is 0. The Balaban J connectivity index is 2.08. The molecule has 1 fully saturated rings. The number of carbonyl (C=O) groups is 1. The first-order chi connectivity index (χ1) is 9.77. The first kappa shape index (κ1) is 13.3. The van der Waals surface area contributed by atoms with Gasteiger partial charge in [0.2, 0.25) is 0 Å². The number of carbonyl (C=O) groups excluding carboxylic acids is 1. The van der Waals surface area contributed by atoms with Crippen LogP contribution in [0.5, 0.6) is 0 Å². The quantitative estimate of drug-likeness (QED) is 0.793. The molecule has 0 unspecified atom stereocenters. The molecule has 0 amide bonds. The molecule has 0 atom stereocenters. The average molecular weight is 269 g/mol. The Bertz CT molecular complexity index is 624. The highest BCUT2D eigenvalue weighted by Gasteiger charge is 2.42. The first-order valence-electron chi connectivity index (χ1n) is 7.28. The second-order valence-electron chi connectivity index (χ2n) is 5.37. The van der Waals surface area contributed by atoms with Crippen molar-refractivity contribution in [3.05, 3.63) is 42.2 Å². The van der Waals surface area contributed by atoms with E-state index in [0.29, 0.717) is 6.61 Å². The van der Waals surface area contributed by atoms with Crippen molar-refractivity contribution in [2.45, 2.75) is 38.2 Å². The van der Waals surface area contributed by atoms with E-state index in [1.807, 2.05) is 31.2 Å². The van der Waals surface area contributed by atoms with Gasteiger partial charge < -0.3 is 4.74 Å². The molecule has 0 N–H and O–H groups in total. The number of nitrogens with zero attached hydrogens (tertiary/aromatic N) is 1. The van der Waals surface area contributed by atoms with Gasteiger partial charge >= 0.3 is 0 Å². The highest BCUT2D eigenvalue weighted by atomic mass is 16.5. The summed E-state index contributed by atoms with van der Waals surface area (Å²) in [6, 6.07) is 7.73. The molecule has 20 heavy (non-hydrogen) atoms. The van der Waals surface area contributed by atoms with Crippen molar-refractivity contribution < 1.29 is 9.53 Å². The smallest absolute Gasteiger partial charge is 0.195 e. The molecule has 1 aromatic heterocycles. The zero-order valence-electron chi connectivity index (χ0n) is 11.8. The van der Waals surface area contributed by atoms with Crippen LogP contribution in [-0.4, -0.2) is 23.0 Å². The molecule has 1 aliphatic rings. The van der Waals surface area contributed by atoms with Crippen LogP contribution in [0.1, 0.15) is 43.0 Å². The number of ketones is 1. The minimum absolute atomic E-state index is 0.133. The van der Waals surface area contributed by atoms with Crippen molar-refractivity contribution >= 4 is 16.6 Å². The van der Waals surface area contributed by atoms with Crippen LogP contribution in [0, 0.1) is 0 Å². The van der Waals surface area contributed by atoms with Gasteiger partial charge in [-0.3, -0.25) is 9.78 Å².